The highest BCUT2D eigenvalue weighted by Crippen LogP contribution is 2.42. The zero-order valence-corrected chi connectivity index (χ0v) is 33.4. The average molecular weight is 775 g/mol. The van der Waals surface area contributed by atoms with Crippen molar-refractivity contribution in [3.63, 3.8) is 0 Å². The van der Waals surface area contributed by atoms with Gasteiger partial charge in [0.15, 0.2) is 0 Å². The number of rotatable bonds is 10. The number of amides is 1. The maximum atomic E-state index is 13.2. The van der Waals surface area contributed by atoms with Crippen LogP contribution in [-0.2, 0) is 15.7 Å². The number of alkyl carbamates (subject to hydrolysis) is 1. The van der Waals surface area contributed by atoms with Crippen molar-refractivity contribution in [2.45, 2.75) is 126 Å². The number of carbonyl (C=O) groups is 2. The molecule has 2 saturated heterocycles. The van der Waals surface area contributed by atoms with Gasteiger partial charge in [0.25, 0.3) is 0 Å². The summed E-state index contributed by atoms with van der Waals surface area (Å²) in [6.07, 6.45) is 9.30. The van der Waals surface area contributed by atoms with Gasteiger partial charge in [-0.15, -0.1) is 0 Å². The molecule has 4 fully saturated rings. The molecular formula is C42H61F3N4O4S. The Morgan fingerprint density at radius 2 is 1.50 bits per heavy atom. The Bertz CT molecular complexity index is 1440. The van der Waals surface area contributed by atoms with Crippen LogP contribution in [0.5, 0.6) is 5.75 Å². The van der Waals surface area contributed by atoms with Crippen molar-refractivity contribution in [3.8, 4) is 5.75 Å². The lowest BCUT2D eigenvalue weighted by molar-refractivity contribution is -0.137. The Balaban J connectivity index is 0.000000314. The molecule has 0 radical (unpaired) electrons. The first-order chi connectivity index (χ1) is 25.8. The summed E-state index contributed by atoms with van der Waals surface area (Å²) in [6, 6.07) is 13.8. The smallest absolute Gasteiger partial charge is 0.416 e. The van der Waals surface area contributed by atoms with Gasteiger partial charge in [-0.1, -0.05) is 44.2 Å². The standard InChI is InChI=1S/C31H39F3N2O2S.C11H22N2O2/c32-31(33,34)26-12-10-25(11-13-26)30(24-8-4-5-9-24)35-18-19-36(27(20-35)21-37)39-29-16-14-28(15-17-29)38-22-23-6-2-1-3-7-23;1-11(2,3)15-10(14)12-9-5-7-13(4)8-6-9/h10-17,21,23-24,27,30H,1-9,18-20,22H2;9H,5-8H2,1-4H3,(H,12,14). The molecule has 2 heterocycles. The van der Waals surface area contributed by atoms with Crippen molar-refractivity contribution in [1.82, 2.24) is 19.4 Å². The molecule has 4 aliphatic rings. The van der Waals surface area contributed by atoms with Crippen LogP contribution in [0.25, 0.3) is 0 Å². The summed E-state index contributed by atoms with van der Waals surface area (Å²) < 4.78 is 52.9. The second-order valence-electron chi connectivity index (χ2n) is 16.5. The van der Waals surface area contributed by atoms with Gasteiger partial charge in [0.2, 0.25) is 0 Å². The number of likely N-dealkylation sites (tertiary alicyclic amines) is 1. The number of halogens is 3. The van der Waals surface area contributed by atoms with Gasteiger partial charge in [0, 0.05) is 36.6 Å². The maximum Gasteiger partial charge on any atom is 0.416 e. The largest absolute Gasteiger partial charge is 0.493 e. The van der Waals surface area contributed by atoms with Crippen LogP contribution in [0.2, 0.25) is 0 Å². The number of hydrogen-bond acceptors (Lipinski definition) is 8. The van der Waals surface area contributed by atoms with E-state index in [0.717, 1.165) is 87.3 Å². The summed E-state index contributed by atoms with van der Waals surface area (Å²) >= 11 is 1.59. The minimum Gasteiger partial charge on any atom is -0.493 e. The number of ether oxygens (including phenoxy) is 2. The lowest BCUT2D eigenvalue weighted by Crippen LogP contribution is -2.52. The lowest BCUT2D eigenvalue weighted by Gasteiger charge is -2.44. The molecule has 1 N–H and O–H groups in total. The number of benzene rings is 2. The molecule has 2 saturated carbocycles. The fraction of sp³-hybridized carbons (Fsp3) is 0.667. The Hall–Kier alpha value is -2.80. The van der Waals surface area contributed by atoms with Gasteiger partial charge in [0.05, 0.1) is 18.2 Å². The highest BCUT2D eigenvalue weighted by atomic mass is 32.2. The lowest BCUT2D eigenvalue weighted by atomic mass is 9.89. The molecule has 1 amide bonds. The van der Waals surface area contributed by atoms with Gasteiger partial charge < -0.3 is 24.5 Å². The summed E-state index contributed by atoms with van der Waals surface area (Å²) in [4.78, 5) is 29.3. The van der Waals surface area contributed by atoms with E-state index < -0.39 is 17.3 Å². The van der Waals surface area contributed by atoms with E-state index >= 15 is 0 Å². The summed E-state index contributed by atoms with van der Waals surface area (Å²) in [7, 11) is 2.10. The summed E-state index contributed by atoms with van der Waals surface area (Å²) in [5.41, 5.74) is -0.103. The summed E-state index contributed by atoms with van der Waals surface area (Å²) in [6.45, 7) is 10.5. The van der Waals surface area contributed by atoms with E-state index in [0.29, 0.717) is 24.9 Å². The third-order valence-corrected chi connectivity index (χ3v) is 12.2. The Morgan fingerprint density at radius 1 is 0.870 bits per heavy atom. The van der Waals surface area contributed by atoms with E-state index in [-0.39, 0.29) is 24.2 Å². The van der Waals surface area contributed by atoms with Gasteiger partial charge in [-0.05, 0) is 145 Å². The van der Waals surface area contributed by atoms with Crippen LogP contribution in [0.3, 0.4) is 0 Å². The molecule has 2 aromatic carbocycles. The molecule has 2 atom stereocenters. The van der Waals surface area contributed by atoms with E-state index in [4.69, 9.17) is 9.47 Å². The zero-order valence-electron chi connectivity index (χ0n) is 32.6. The SMILES string of the molecule is CN1CCC(NC(=O)OC(C)(C)C)CC1.O=CC1CN(C(c2ccc(C(F)(F)F)cc2)C2CCCC2)CCN1Sc1ccc(OCC2CCCCC2)cc1. The number of alkyl halides is 3. The number of piperidine rings is 1. The number of aldehydes is 1. The van der Waals surface area contributed by atoms with Crippen molar-refractivity contribution in [1.29, 1.82) is 0 Å². The van der Waals surface area contributed by atoms with Crippen molar-refractivity contribution >= 4 is 24.3 Å². The molecule has 0 bridgehead atoms. The van der Waals surface area contributed by atoms with Gasteiger partial charge in [-0.3, -0.25) is 4.90 Å². The number of nitrogens with zero attached hydrogens (tertiary/aromatic N) is 3. The van der Waals surface area contributed by atoms with Crippen molar-refractivity contribution in [2.24, 2.45) is 11.8 Å². The predicted molar refractivity (Wildman–Crippen MR) is 209 cm³/mol. The van der Waals surface area contributed by atoms with Gasteiger partial charge in [-0.2, -0.15) is 13.2 Å². The van der Waals surface area contributed by atoms with Crippen LogP contribution in [-0.4, -0.2) is 90.5 Å². The number of piperazine rings is 1. The van der Waals surface area contributed by atoms with E-state index in [1.54, 1.807) is 24.1 Å². The normalized spacial score (nSPS) is 22.2. The second kappa shape index (κ2) is 19.9. The first-order valence-corrected chi connectivity index (χ1v) is 20.8. The van der Waals surface area contributed by atoms with Crippen LogP contribution in [0.4, 0.5) is 18.0 Å². The van der Waals surface area contributed by atoms with Crippen molar-refractivity contribution in [3.05, 3.63) is 59.7 Å². The van der Waals surface area contributed by atoms with Crippen LogP contribution >= 0.6 is 11.9 Å². The van der Waals surface area contributed by atoms with Gasteiger partial charge in [0.1, 0.15) is 17.6 Å². The first-order valence-electron chi connectivity index (χ1n) is 20.0. The van der Waals surface area contributed by atoms with Crippen molar-refractivity contribution < 1.29 is 32.2 Å². The first kappa shape index (κ1) is 42.3. The Labute approximate surface area is 325 Å². The highest BCUT2D eigenvalue weighted by molar-refractivity contribution is 7.97. The average Bonchev–Trinajstić information content (AvgIpc) is 3.67. The fourth-order valence-corrected chi connectivity index (χ4v) is 9.10. The van der Waals surface area contributed by atoms with Crippen molar-refractivity contribution in [2.75, 3.05) is 46.4 Å². The molecule has 2 aromatic rings. The number of nitrogens with one attached hydrogen (secondary N) is 1. The Morgan fingerprint density at radius 3 is 2.09 bits per heavy atom. The third-order valence-electron chi connectivity index (χ3n) is 11.1. The van der Waals surface area contributed by atoms with Crippen LogP contribution in [0.15, 0.2) is 53.4 Å². The molecule has 2 aliphatic heterocycles. The van der Waals surface area contributed by atoms with E-state index in [1.165, 1.54) is 44.2 Å². The molecule has 8 nitrogen and oxygen atoms in total. The molecule has 0 spiro atoms. The molecule has 12 heteroatoms. The Kier molecular flexibility index (Phi) is 15.6. The van der Waals surface area contributed by atoms with E-state index in [9.17, 15) is 22.8 Å². The maximum absolute atomic E-state index is 13.2. The molecule has 2 aliphatic carbocycles. The zero-order chi connectivity index (χ0) is 38.7. The molecule has 6 rings (SSSR count). The third kappa shape index (κ3) is 13.2. The monoisotopic (exact) mass is 774 g/mol. The number of hydrogen-bond donors (Lipinski definition) is 1. The number of carbonyl (C=O) groups excluding carboxylic acids is 2. The van der Waals surface area contributed by atoms with Crippen LogP contribution < -0.4 is 10.1 Å². The predicted octanol–water partition coefficient (Wildman–Crippen LogP) is 9.39. The van der Waals surface area contributed by atoms with E-state index in [2.05, 4.69) is 38.6 Å². The van der Waals surface area contributed by atoms with Gasteiger partial charge in [-0.25, -0.2) is 9.10 Å². The van der Waals surface area contributed by atoms with Crippen LogP contribution in [0, 0.1) is 11.8 Å². The molecule has 54 heavy (non-hydrogen) atoms. The molecular weight excluding hydrogens is 714 g/mol. The summed E-state index contributed by atoms with van der Waals surface area (Å²) in [5.74, 6) is 1.94. The van der Waals surface area contributed by atoms with Gasteiger partial charge >= 0.3 is 12.3 Å². The quantitative estimate of drug-likeness (QED) is 0.189. The highest BCUT2D eigenvalue weighted by Gasteiger charge is 2.37. The molecule has 0 aromatic heterocycles. The fourth-order valence-electron chi connectivity index (χ4n) is 8.14. The van der Waals surface area contributed by atoms with E-state index in [1.807, 2.05) is 32.9 Å². The van der Waals surface area contributed by atoms with Crippen LogP contribution in [0.1, 0.15) is 109 Å². The molecule has 2 unspecified atom stereocenters. The summed E-state index contributed by atoms with van der Waals surface area (Å²) in [5, 5.41) is 2.91. The molecule has 300 valence electrons. The topological polar surface area (TPSA) is 74.4 Å². The minimum atomic E-state index is -4.34. The second-order valence-corrected chi connectivity index (χ2v) is 17.7. The minimum absolute atomic E-state index is 0.0324.